The Kier molecular flexibility index (Phi) is 4.97. The number of rotatable bonds is 5. The number of anilines is 1. The first-order valence-corrected chi connectivity index (χ1v) is 9.26. The Labute approximate surface area is 143 Å². The number of hydrogen-bond donors (Lipinski definition) is 2. The summed E-state index contributed by atoms with van der Waals surface area (Å²) in [4.78, 5) is 0. The minimum absolute atomic E-state index is 0.0713. The fourth-order valence-corrected chi connectivity index (χ4v) is 3.45. The minimum atomic E-state index is -2.41. The maximum absolute atomic E-state index is 10.8. The Hall–Kier alpha value is -2.18. The van der Waals surface area contributed by atoms with Gasteiger partial charge in [-0.25, -0.2) is 8.42 Å². The Morgan fingerprint density at radius 3 is 2.29 bits per heavy atom. The van der Waals surface area contributed by atoms with Crippen LogP contribution in [0.25, 0.3) is 0 Å². The molecular formula is C18H21N3O2S. The van der Waals surface area contributed by atoms with Crippen LogP contribution in [-0.2, 0) is 23.0 Å². The van der Waals surface area contributed by atoms with Gasteiger partial charge < -0.3 is 5.73 Å². The third-order valence-electron chi connectivity index (χ3n) is 4.18. The predicted molar refractivity (Wildman–Crippen MR) is 97.7 cm³/mol. The molecular weight excluding hydrogens is 322 g/mol. The van der Waals surface area contributed by atoms with Gasteiger partial charge in [-0.15, -0.1) is 0 Å². The lowest BCUT2D eigenvalue weighted by atomic mass is 10.0. The summed E-state index contributed by atoms with van der Waals surface area (Å²) >= 11 is 0. The maximum Gasteiger partial charge on any atom is 0.144 e. The quantitative estimate of drug-likeness (QED) is 0.818. The molecule has 6 heteroatoms. The molecule has 0 saturated carbocycles. The molecule has 0 radical (unpaired) electrons. The maximum atomic E-state index is 10.8. The van der Waals surface area contributed by atoms with Gasteiger partial charge in [0, 0.05) is 18.7 Å². The van der Waals surface area contributed by atoms with Crippen LogP contribution in [-0.4, -0.2) is 14.1 Å². The lowest BCUT2D eigenvalue weighted by Crippen LogP contribution is -2.18. The lowest BCUT2D eigenvalue weighted by Gasteiger charge is -2.24. The van der Waals surface area contributed by atoms with Crippen molar-refractivity contribution in [2.75, 3.05) is 5.01 Å². The molecule has 0 spiro atoms. The molecule has 2 aromatic carbocycles. The van der Waals surface area contributed by atoms with Crippen molar-refractivity contribution >= 4 is 22.1 Å². The van der Waals surface area contributed by atoms with Gasteiger partial charge in [0.1, 0.15) is 10.7 Å². The molecule has 0 saturated heterocycles. The first kappa shape index (κ1) is 16.7. The first-order valence-electron chi connectivity index (χ1n) is 7.90. The molecule has 1 atom stereocenters. The highest BCUT2D eigenvalue weighted by molar-refractivity contribution is 7.71. The summed E-state index contributed by atoms with van der Waals surface area (Å²) in [5.74, 6) is 0.0713. The zero-order chi connectivity index (χ0) is 17.1. The highest BCUT2D eigenvalue weighted by Crippen LogP contribution is 2.35. The van der Waals surface area contributed by atoms with Gasteiger partial charge in [0.05, 0.1) is 17.5 Å². The van der Waals surface area contributed by atoms with Gasteiger partial charge in [-0.3, -0.25) is 5.01 Å². The Morgan fingerprint density at radius 1 is 1.08 bits per heavy atom. The standard InChI is InChI=1S/C18H21N3O2S/c1-13-10-18(16-6-2-14(11-19)3-7-16)21(20-13)17-8-4-15(5-9-17)12-24(22)23/h2-9,18,24H,10-12,19H2,1H3. The Bertz CT molecular complexity index is 803. The third-order valence-corrected chi connectivity index (χ3v) is 4.80. The molecule has 0 aromatic heterocycles. The van der Waals surface area contributed by atoms with Gasteiger partial charge in [0.2, 0.25) is 0 Å². The molecule has 126 valence electrons. The van der Waals surface area contributed by atoms with E-state index in [2.05, 4.69) is 29.4 Å². The van der Waals surface area contributed by atoms with Crippen LogP contribution in [0.4, 0.5) is 5.69 Å². The van der Waals surface area contributed by atoms with E-state index in [9.17, 15) is 8.42 Å². The van der Waals surface area contributed by atoms with Crippen LogP contribution in [0, 0.1) is 0 Å². The van der Waals surface area contributed by atoms with E-state index in [1.54, 1.807) is 0 Å². The van der Waals surface area contributed by atoms with E-state index in [4.69, 9.17) is 5.73 Å². The summed E-state index contributed by atoms with van der Waals surface area (Å²) < 4.78 is 21.7. The van der Waals surface area contributed by atoms with Crippen LogP contribution in [0.1, 0.15) is 36.1 Å². The molecule has 5 nitrogen and oxygen atoms in total. The fourth-order valence-electron chi connectivity index (χ4n) is 2.94. The average Bonchev–Trinajstić information content (AvgIpc) is 2.97. The number of hydrogen-bond acceptors (Lipinski definition) is 5. The van der Waals surface area contributed by atoms with E-state index < -0.39 is 10.7 Å². The highest BCUT2D eigenvalue weighted by atomic mass is 32.2. The van der Waals surface area contributed by atoms with E-state index in [0.717, 1.165) is 28.9 Å². The van der Waals surface area contributed by atoms with Crippen molar-refractivity contribution in [2.45, 2.75) is 31.7 Å². The zero-order valence-electron chi connectivity index (χ0n) is 13.6. The lowest BCUT2D eigenvalue weighted by molar-refractivity contribution is 0.614. The normalized spacial score (nSPS) is 17.4. The van der Waals surface area contributed by atoms with Gasteiger partial charge in [-0.05, 0) is 35.7 Å². The Morgan fingerprint density at radius 2 is 1.71 bits per heavy atom. The summed E-state index contributed by atoms with van der Waals surface area (Å²) in [5, 5.41) is 6.66. The molecule has 1 unspecified atom stereocenters. The zero-order valence-corrected chi connectivity index (χ0v) is 14.4. The number of hydrazone groups is 1. The van der Waals surface area contributed by atoms with Crippen LogP contribution in [0.3, 0.4) is 0 Å². The summed E-state index contributed by atoms with van der Waals surface area (Å²) in [5.41, 5.74) is 10.8. The molecule has 1 heterocycles. The van der Waals surface area contributed by atoms with Crippen LogP contribution >= 0.6 is 0 Å². The molecule has 1 aliphatic rings. The highest BCUT2D eigenvalue weighted by Gasteiger charge is 2.27. The van der Waals surface area contributed by atoms with Crippen molar-refractivity contribution in [3.05, 3.63) is 65.2 Å². The van der Waals surface area contributed by atoms with Crippen LogP contribution in [0.5, 0.6) is 0 Å². The van der Waals surface area contributed by atoms with Gasteiger partial charge in [-0.2, -0.15) is 5.10 Å². The monoisotopic (exact) mass is 343 g/mol. The molecule has 0 fully saturated rings. The minimum Gasteiger partial charge on any atom is -0.326 e. The van der Waals surface area contributed by atoms with Crippen molar-refractivity contribution in [1.82, 2.24) is 0 Å². The van der Waals surface area contributed by atoms with E-state index >= 15 is 0 Å². The van der Waals surface area contributed by atoms with Gasteiger partial charge in [0.15, 0.2) is 0 Å². The topological polar surface area (TPSA) is 75.8 Å². The van der Waals surface area contributed by atoms with Gasteiger partial charge in [0.25, 0.3) is 0 Å². The van der Waals surface area contributed by atoms with E-state index in [1.165, 1.54) is 5.56 Å². The predicted octanol–water partition coefficient (Wildman–Crippen LogP) is 2.58. The summed E-state index contributed by atoms with van der Waals surface area (Å²) in [7, 11) is -2.41. The molecule has 0 bridgehead atoms. The molecule has 2 aromatic rings. The molecule has 3 rings (SSSR count). The number of nitrogens with two attached hydrogens (primary N) is 1. The molecule has 0 aliphatic carbocycles. The second kappa shape index (κ2) is 7.15. The van der Waals surface area contributed by atoms with Crippen molar-refractivity contribution in [3.8, 4) is 0 Å². The second-order valence-corrected chi connectivity index (χ2v) is 6.98. The van der Waals surface area contributed by atoms with Crippen LogP contribution in [0.15, 0.2) is 53.6 Å². The van der Waals surface area contributed by atoms with Crippen molar-refractivity contribution in [3.63, 3.8) is 0 Å². The van der Waals surface area contributed by atoms with E-state index in [0.29, 0.717) is 6.54 Å². The smallest absolute Gasteiger partial charge is 0.144 e. The average molecular weight is 343 g/mol. The second-order valence-electron chi connectivity index (χ2n) is 6.00. The first-order chi connectivity index (χ1) is 11.6. The van der Waals surface area contributed by atoms with Crippen LogP contribution in [0.2, 0.25) is 0 Å². The summed E-state index contributed by atoms with van der Waals surface area (Å²) in [6.07, 6.45) is 0.871. The Balaban J connectivity index is 1.86. The van der Waals surface area contributed by atoms with Gasteiger partial charge in [-0.1, -0.05) is 36.4 Å². The summed E-state index contributed by atoms with van der Waals surface area (Å²) in [6.45, 7) is 2.56. The van der Waals surface area contributed by atoms with Crippen molar-refractivity contribution in [1.29, 1.82) is 0 Å². The number of thiol groups is 1. The molecule has 2 N–H and O–H groups in total. The third kappa shape index (κ3) is 3.66. The SMILES string of the molecule is CC1=NN(c2ccc(C[SH](=O)=O)cc2)C(c2ccc(CN)cc2)C1. The summed E-state index contributed by atoms with van der Waals surface area (Å²) in [6, 6.07) is 16.0. The number of nitrogens with zero attached hydrogens (tertiary/aromatic N) is 2. The largest absolute Gasteiger partial charge is 0.326 e. The van der Waals surface area contributed by atoms with Crippen LogP contribution < -0.4 is 10.7 Å². The molecule has 24 heavy (non-hydrogen) atoms. The molecule has 1 aliphatic heterocycles. The van der Waals surface area contributed by atoms with E-state index in [-0.39, 0.29) is 11.8 Å². The fraction of sp³-hybridized carbons (Fsp3) is 0.278. The number of benzene rings is 2. The van der Waals surface area contributed by atoms with Crippen molar-refractivity contribution < 1.29 is 8.42 Å². The van der Waals surface area contributed by atoms with E-state index in [1.807, 2.05) is 36.2 Å². The van der Waals surface area contributed by atoms with Crippen molar-refractivity contribution in [2.24, 2.45) is 10.8 Å². The molecule has 0 amide bonds. The van der Waals surface area contributed by atoms with Gasteiger partial charge >= 0.3 is 0 Å².